The average Bonchev–Trinajstić information content (AvgIpc) is 3.10. The van der Waals surface area contributed by atoms with Gasteiger partial charge in [0, 0.05) is 46.3 Å². The first-order valence-electron chi connectivity index (χ1n) is 14.3. The van der Waals surface area contributed by atoms with Crippen LogP contribution in [0.15, 0.2) is 121 Å². The molecule has 8 nitrogen and oxygen atoms in total. The number of aromatic nitrogens is 4. The summed E-state index contributed by atoms with van der Waals surface area (Å²) in [5.74, 6) is -11.3. The predicted octanol–water partition coefficient (Wildman–Crippen LogP) is 7.41. The Labute approximate surface area is 337 Å². The molecule has 0 unspecified atom stereocenters. The number of pyridine rings is 4. The van der Waals surface area contributed by atoms with Crippen LogP contribution < -0.4 is 10.2 Å². The molecule has 0 bridgehead atoms. The maximum absolute atomic E-state index is 11.3. The maximum atomic E-state index is 11.3. The van der Waals surface area contributed by atoms with Crippen LogP contribution in [0.1, 0.15) is 0 Å². The SMILES string of the molecule is O=C(/C=C(\[O-])C(F)(F)F)C(F)(F)F.O=C(/C=C(\[O-])C(F)(F)F)C(F)(F)F.[Ag+].[Ag+].c1cnc2c(c1)ccc1cccnc12.c1cnc2c(c1)ccc1cccnc12. The molecule has 0 N–H and O–H groups in total. The van der Waals surface area contributed by atoms with E-state index in [-0.39, 0.29) is 44.8 Å². The molecule has 4 heterocycles. The van der Waals surface area contributed by atoms with Crippen molar-refractivity contribution in [1.82, 2.24) is 19.9 Å². The topological polar surface area (TPSA) is 132 Å². The molecule has 0 amide bonds. The summed E-state index contributed by atoms with van der Waals surface area (Å²) in [5.41, 5.74) is 3.91. The van der Waals surface area contributed by atoms with Crippen molar-refractivity contribution in [2.24, 2.45) is 0 Å². The number of allylic oxidation sites excluding steroid dienone is 4. The van der Waals surface area contributed by atoms with E-state index in [0.29, 0.717) is 0 Å². The fraction of sp³-hybridized carbons (Fsp3) is 0.118. The Hall–Kier alpha value is -4.86. The summed E-state index contributed by atoms with van der Waals surface area (Å²) in [6, 6.07) is 24.3. The number of carbonyl (C=O) groups is 2. The summed E-state index contributed by atoms with van der Waals surface area (Å²) >= 11 is 0. The Bertz CT molecular complexity index is 2060. The van der Waals surface area contributed by atoms with Gasteiger partial charge >= 0.3 is 69.5 Å². The molecule has 22 heteroatoms. The molecule has 0 spiro atoms. The number of benzene rings is 2. The molecule has 2 aromatic carbocycles. The Morgan fingerprint density at radius 2 is 0.625 bits per heavy atom. The summed E-state index contributed by atoms with van der Waals surface area (Å²) < 4.78 is 136. The number of hydrogen-bond donors (Lipinski definition) is 0. The first-order chi connectivity index (χ1) is 25.0. The molecule has 0 aliphatic rings. The first kappa shape index (κ1) is 49.2. The second kappa shape index (κ2) is 20.3. The number of nitrogens with zero attached hydrogens (tertiary/aromatic N) is 4. The van der Waals surface area contributed by atoms with Crippen LogP contribution in [-0.4, -0.2) is 56.2 Å². The number of halogens is 12. The minimum Gasteiger partial charge on any atom is -0.869 e. The van der Waals surface area contributed by atoms with Crippen LogP contribution in [0, 0.1) is 0 Å². The zero-order valence-electron chi connectivity index (χ0n) is 27.0. The Kier molecular flexibility index (Phi) is 17.9. The van der Waals surface area contributed by atoms with Crippen LogP contribution in [0.5, 0.6) is 0 Å². The summed E-state index contributed by atoms with van der Waals surface area (Å²) in [4.78, 5) is 37.0. The third kappa shape index (κ3) is 14.3. The van der Waals surface area contributed by atoms with Crippen molar-refractivity contribution >= 4 is 55.2 Å². The maximum Gasteiger partial charge on any atom is 1.00 e. The normalized spacial score (nSPS) is 12.1. The Morgan fingerprint density at radius 1 is 0.411 bits per heavy atom. The van der Waals surface area contributed by atoms with E-state index in [1.54, 1.807) is 24.8 Å². The van der Waals surface area contributed by atoms with Crippen molar-refractivity contribution in [1.29, 1.82) is 0 Å². The van der Waals surface area contributed by atoms with Gasteiger partial charge in [0.25, 0.3) is 11.6 Å². The second-order valence-electron chi connectivity index (χ2n) is 10.2. The minimum atomic E-state index is -5.46. The minimum absolute atomic E-state index is 0. The van der Waals surface area contributed by atoms with Gasteiger partial charge in [-0.05, 0) is 47.9 Å². The smallest absolute Gasteiger partial charge is 0.869 e. The predicted molar refractivity (Wildman–Crippen MR) is 164 cm³/mol. The van der Waals surface area contributed by atoms with Gasteiger partial charge in [0.2, 0.25) is 0 Å². The summed E-state index contributed by atoms with van der Waals surface area (Å²) in [7, 11) is 0. The third-order valence-electron chi connectivity index (χ3n) is 6.33. The van der Waals surface area contributed by atoms with Crippen molar-refractivity contribution in [2.45, 2.75) is 24.7 Å². The number of fused-ring (bicyclic) bond motifs is 6. The Balaban J connectivity index is 0.000000370. The van der Waals surface area contributed by atoms with Crippen molar-refractivity contribution < 1.29 is 117 Å². The third-order valence-corrected chi connectivity index (χ3v) is 6.33. The fourth-order valence-corrected chi connectivity index (χ4v) is 3.92. The van der Waals surface area contributed by atoms with E-state index in [0.717, 1.165) is 43.6 Å². The zero-order chi connectivity index (χ0) is 40.5. The van der Waals surface area contributed by atoms with Gasteiger partial charge in [-0.3, -0.25) is 29.5 Å². The van der Waals surface area contributed by atoms with E-state index in [9.17, 15) is 72.5 Å². The molecule has 0 radical (unpaired) electrons. The van der Waals surface area contributed by atoms with E-state index in [4.69, 9.17) is 0 Å². The number of carbonyl (C=O) groups excluding carboxylic acids is 2. The summed E-state index contributed by atoms with van der Waals surface area (Å²) in [6.07, 6.45) is -16.7. The molecule has 4 aromatic heterocycles. The zero-order valence-corrected chi connectivity index (χ0v) is 29.9. The van der Waals surface area contributed by atoms with Crippen molar-refractivity contribution in [3.8, 4) is 0 Å². The molecule has 0 aliphatic heterocycles. The van der Waals surface area contributed by atoms with Crippen LogP contribution >= 0.6 is 0 Å². The van der Waals surface area contributed by atoms with Gasteiger partial charge in [-0.15, -0.1) is 0 Å². The van der Waals surface area contributed by atoms with Crippen molar-refractivity contribution in [3.63, 3.8) is 0 Å². The number of alkyl halides is 12. The molecule has 0 aliphatic carbocycles. The van der Waals surface area contributed by atoms with Crippen LogP contribution in [0.3, 0.4) is 0 Å². The molecule has 6 rings (SSSR count). The average molecular weight is 990 g/mol. The van der Waals surface area contributed by atoms with Gasteiger partial charge in [-0.2, -0.15) is 52.7 Å². The summed E-state index contributed by atoms with van der Waals surface area (Å²) in [5, 5.41) is 24.2. The van der Waals surface area contributed by atoms with Crippen LogP contribution in [0.2, 0.25) is 0 Å². The molecular weight excluding hydrogens is 972 g/mol. The number of ketones is 2. The molecule has 0 saturated carbocycles. The molecule has 304 valence electrons. The largest absolute Gasteiger partial charge is 1.00 e. The number of rotatable bonds is 2. The van der Waals surface area contributed by atoms with Gasteiger partial charge in [0.15, 0.2) is 0 Å². The number of hydrogen-bond acceptors (Lipinski definition) is 8. The van der Waals surface area contributed by atoms with Crippen LogP contribution in [0.25, 0.3) is 43.6 Å². The van der Waals surface area contributed by atoms with Gasteiger partial charge in [-0.1, -0.05) is 48.5 Å². The van der Waals surface area contributed by atoms with Gasteiger partial charge in [0.1, 0.15) is 0 Å². The van der Waals surface area contributed by atoms with Crippen molar-refractivity contribution in [2.75, 3.05) is 0 Å². The molecule has 0 saturated heterocycles. The molecule has 0 atom stereocenters. The molecular formula is C34H18Ag2F12N4O4. The van der Waals surface area contributed by atoms with E-state index >= 15 is 0 Å². The van der Waals surface area contributed by atoms with E-state index in [1.807, 2.05) is 24.3 Å². The van der Waals surface area contributed by atoms with E-state index in [2.05, 4.69) is 68.5 Å². The molecule has 6 aromatic rings. The summed E-state index contributed by atoms with van der Waals surface area (Å²) in [6.45, 7) is 0. The quantitative estimate of drug-likeness (QED) is 0.0577. The van der Waals surface area contributed by atoms with Crippen molar-refractivity contribution in [3.05, 3.63) is 121 Å². The standard InChI is InChI=1S/2C12H8N2.2C5H2F6O2.2Ag/c2*1-3-9-5-6-10-4-2-8-14-12(10)11(9)13-7-1;2*6-4(7,8)2(12)1-3(13)5(9,10)11;;/h2*1-8H;2*1,12H;;/q;;;;2*+1/p-2/b;;2*2-1-;;. The monoisotopic (exact) mass is 988 g/mol. The van der Waals surface area contributed by atoms with Gasteiger partial charge < -0.3 is 10.2 Å². The second-order valence-corrected chi connectivity index (χ2v) is 10.2. The van der Waals surface area contributed by atoms with E-state index in [1.165, 1.54) is 0 Å². The van der Waals surface area contributed by atoms with Gasteiger partial charge in [0.05, 0.1) is 22.1 Å². The Morgan fingerprint density at radius 3 is 0.804 bits per heavy atom. The molecule has 0 fully saturated rings. The van der Waals surface area contributed by atoms with Gasteiger partial charge in [-0.25, -0.2) is 0 Å². The van der Waals surface area contributed by atoms with Crippen LogP contribution in [-0.2, 0) is 54.3 Å². The molecule has 56 heavy (non-hydrogen) atoms. The fourth-order valence-electron chi connectivity index (χ4n) is 3.92. The van der Waals surface area contributed by atoms with Crippen LogP contribution in [0.4, 0.5) is 52.7 Å². The van der Waals surface area contributed by atoms with E-state index < -0.39 is 59.9 Å². The first-order valence-corrected chi connectivity index (χ1v) is 14.3.